The van der Waals surface area contributed by atoms with Crippen LogP contribution in [0.15, 0.2) is 23.8 Å². The molecule has 0 spiro atoms. The molecule has 1 heterocycles. The van der Waals surface area contributed by atoms with Crippen molar-refractivity contribution in [2.24, 2.45) is 35.0 Å². The molecule has 0 bridgehead atoms. The fraction of sp³-hybridized carbons (Fsp3) is 0.762. The van der Waals surface area contributed by atoms with E-state index in [2.05, 4.69) is 46.8 Å². The number of allylic oxidation sites excluding steroid dienone is 2. The second kappa shape index (κ2) is 6.01. The molecule has 1 N–H and O–H groups in total. The third-order valence-corrected chi connectivity index (χ3v) is 7.19. The van der Waals surface area contributed by atoms with Crippen molar-refractivity contribution in [2.45, 2.75) is 66.1 Å². The van der Waals surface area contributed by atoms with Crippen molar-refractivity contribution in [3.63, 3.8) is 0 Å². The normalized spacial score (nSPS) is 41.1. The zero-order valence-electron chi connectivity index (χ0n) is 15.7. The average Bonchev–Trinajstić information content (AvgIpc) is 3.00. The van der Waals surface area contributed by atoms with Crippen LogP contribution in [-0.2, 0) is 9.53 Å². The summed E-state index contributed by atoms with van der Waals surface area (Å²) in [4.78, 5) is 11.7. The van der Waals surface area contributed by atoms with Gasteiger partial charge in [-0.05, 0) is 54.3 Å². The molecular formula is C21H32O3. The second-order valence-electron chi connectivity index (χ2n) is 8.89. The van der Waals surface area contributed by atoms with Crippen molar-refractivity contribution in [3.05, 3.63) is 23.8 Å². The van der Waals surface area contributed by atoms with Gasteiger partial charge in [0.25, 0.3) is 0 Å². The van der Waals surface area contributed by atoms with Gasteiger partial charge in [-0.3, -0.25) is 0 Å². The first-order valence-corrected chi connectivity index (χ1v) is 9.53. The zero-order chi connectivity index (χ0) is 17.7. The van der Waals surface area contributed by atoms with Gasteiger partial charge in [0.2, 0.25) is 5.79 Å². The van der Waals surface area contributed by atoms with Crippen molar-refractivity contribution < 1.29 is 14.6 Å². The van der Waals surface area contributed by atoms with Crippen LogP contribution >= 0.6 is 0 Å². The highest BCUT2D eigenvalue weighted by Gasteiger charge is 2.59. The summed E-state index contributed by atoms with van der Waals surface area (Å²) in [6.45, 7) is 11.5. The first-order chi connectivity index (χ1) is 11.2. The summed E-state index contributed by atoms with van der Waals surface area (Å²) in [6, 6.07) is 0. The Bertz CT molecular complexity index is 576. The first-order valence-electron chi connectivity index (χ1n) is 9.53. The van der Waals surface area contributed by atoms with E-state index in [0.29, 0.717) is 30.1 Å². The third kappa shape index (κ3) is 2.75. The molecule has 0 unspecified atom stereocenters. The van der Waals surface area contributed by atoms with E-state index in [4.69, 9.17) is 4.74 Å². The number of hydrogen-bond acceptors (Lipinski definition) is 3. The summed E-state index contributed by atoms with van der Waals surface area (Å²) in [5.41, 5.74) is 0.993. The Kier molecular flexibility index (Phi) is 4.44. The van der Waals surface area contributed by atoms with Crippen molar-refractivity contribution >= 4 is 5.97 Å². The van der Waals surface area contributed by atoms with Crippen LogP contribution in [0.5, 0.6) is 0 Å². The summed E-state index contributed by atoms with van der Waals surface area (Å²) in [6.07, 6.45) is 9.98. The molecule has 134 valence electrons. The average molecular weight is 332 g/mol. The lowest BCUT2D eigenvalue weighted by atomic mass is 9.60. The molecule has 2 aliphatic carbocycles. The Morgan fingerprint density at radius 3 is 2.58 bits per heavy atom. The Labute approximate surface area is 146 Å². The van der Waals surface area contributed by atoms with E-state index in [1.54, 1.807) is 6.08 Å². The molecule has 3 heteroatoms. The van der Waals surface area contributed by atoms with Crippen molar-refractivity contribution in [1.82, 2.24) is 0 Å². The largest absolute Gasteiger partial charge is 0.426 e. The number of ether oxygens (including phenoxy) is 1. The van der Waals surface area contributed by atoms with Crippen molar-refractivity contribution in [1.29, 1.82) is 0 Å². The maximum atomic E-state index is 11.7. The van der Waals surface area contributed by atoms with Crippen LogP contribution in [0.1, 0.15) is 60.3 Å². The van der Waals surface area contributed by atoms with E-state index >= 15 is 0 Å². The van der Waals surface area contributed by atoms with Gasteiger partial charge in [0.05, 0.1) is 0 Å². The van der Waals surface area contributed by atoms with Crippen LogP contribution in [0.2, 0.25) is 0 Å². The van der Waals surface area contributed by atoms with E-state index in [9.17, 15) is 9.90 Å². The molecule has 2 saturated carbocycles. The lowest BCUT2D eigenvalue weighted by molar-refractivity contribution is -0.196. The first kappa shape index (κ1) is 17.7. The monoisotopic (exact) mass is 332 g/mol. The minimum atomic E-state index is -1.32. The molecule has 0 radical (unpaired) electrons. The van der Waals surface area contributed by atoms with Crippen LogP contribution < -0.4 is 0 Å². The van der Waals surface area contributed by atoms with Crippen LogP contribution in [0.3, 0.4) is 0 Å². The standard InChI is InChI=1S/C21H32O3/c1-13(2)14(3)6-7-15(4)16-8-9-17-18-12-19(22)24-21(18,23)11-10-20(16,17)5/h6-7,12-17,23H,8-11H2,1-5H3/b7-6+/t14-,15+,16+,17-,20+,21-/m0/s1. The molecule has 0 aromatic heterocycles. The summed E-state index contributed by atoms with van der Waals surface area (Å²) in [5.74, 6) is 0.950. The number of fused-ring (bicyclic) bond motifs is 3. The summed E-state index contributed by atoms with van der Waals surface area (Å²) in [7, 11) is 0. The van der Waals surface area contributed by atoms with Crippen molar-refractivity contribution in [2.75, 3.05) is 0 Å². The van der Waals surface area contributed by atoms with Gasteiger partial charge in [0, 0.05) is 18.1 Å². The van der Waals surface area contributed by atoms with Crippen LogP contribution in [-0.4, -0.2) is 16.9 Å². The molecule has 0 amide bonds. The van der Waals surface area contributed by atoms with Crippen LogP contribution in [0.25, 0.3) is 0 Å². The smallest absolute Gasteiger partial charge is 0.333 e. The van der Waals surface area contributed by atoms with E-state index in [0.717, 1.165) is 24.8 Å². The highest BCUT2D eigenvalue weighted by atomic mass is 16.7. The molecule has 3 rings (SSSR count). The van der Waals surface area contributed by atoms with E-state index in [1.807, 2.05) is 0 Å². The molecule has 3 nitrogen and oxygen atoms in total. The topological polar surface area (TPSA) is 46.5 Å². The number of carbonyl (C=O) groups is 1. The number of esters is 1. The van der Waals surface area contributed by atoms with E-state index < -0.39 is 5.79 Å². The highest BCUT2D eigenvalue weighted by molar-refractivity contribution is 5.86. The van der Waals surface area contributed by atoms with Gasteiger partial charge in [0.15, 0.2) is 0 Å². The van der Waals surface area contributed by atoms with Crippen molar-refractivity contribution in [3.8, 4) is 0 Å². The molecule has 0 aromatic rings. The van der Waals surface area contributed by atoms with Gasteiger partial charge in [0.1, 0.15) is 0 Å². The number of rotatable bonds is 4. The summed E-state index contributed by atoms with van der Waals surface area (Å²) >= 11 is 0. The molecule has 1 aliphatic heterocycles. The predicted octanol–water partition coefficient (Wildman–Crippen LogP) is 4.47. The van der Waals surface area contributed by atoms with Gasteiger partial charge >= 0.3 is 5.97 Å². The van der Waals surface area contributed by atoms with Crippen LogP contribution in [0, 0.1) is 35.0 Å². The Morgan fingerprint density at radius 2 is 1.92 bits per heavy atom. The Morgan fingerprint density at radius 1 is 1.21 bits per heavy atom. The molecule has 24 heavy (non-hydrogen) atoms. The minimum Gasteiger partial charge on any atom is -0.426 e. The van der Waals surface area contributed by atoms with Gasteiger partial charge in [-0.25, -0.2) is 4.79 Å². The zero-order valence-corrected chi connectivity index (χ0v) is 15.7. The molecule has 2 fully saturated rings. The third-order valence-electron chi connectivity index (χ3n) is 7.19. The van der Waals surface area contributed by atoms with Gasteiger partial charge < -0.3 is 9.84 Å². The maximum Gasteiger partial charge on any atom is 0.333 e. The SMILES string of the molecule is CC(C)[C@@H](C)/C=C/[C@@H](C)[C@H]1CC[C@H]2C3=CC(=O)O[C@@]3(O)CC[C@]12C. The lowest BCUT2D eigenvalue weighted by Gasteiger charge is -2.47. The predicted molar refractivity (Wildman–Crippen MR) is 95.0 cm³/mol. The van der Waals surface area contributed by atoms with Gasteiger partial charge in [-0.2, -0.15) is 0 Å². The highest BCUT2D eigenvalue weighted by Crippen LogP contribution is 2.62. The quantitative estimate of drug-likeness (QED) is 0.610. The molecule has 3 aliphatic rings. The molecular weight excluding hydrogens is 300 g/mol. The number of aliphatic hydroxyl groups is 1. The molecule has 0 aromatic carbocycles. The Balaban J connectivity index is 1.80. The summed E-state index contributed by atoms with van der Waals surface area (Å²) < 4.78 is 5.22. The second-order valence-corrected chi connectivity index (χ2v) is 8.89. The van der Waals surface area contributed by atoms with Gasteiger partial charge in [-0.1, -0.05) is 46.8 Å². The maximum absolute atomic E-state index is 11.7. The number of hydrogen-bond donors (Lipinski definition) is 1. The number of carbonyl (C=O) groups excluding carboxylic acids is 1. The molecule has 0 saturated heterocycles. The van der Waals surface area contributed by atoms with Gasteiger partial charge in [-0.15, -0.1) is 0 Å². The Hall–Kier alpha value is -1.09. The minimum absolute atomic E-state index is 0.150. The fourth-order valence-electron chi connectivity index (χ4n) is 5.21. The summed E-state index contributed by atoms with van der Waals surface area (Å²) in [5, 5.41) is 10.7. The van der Waals surface area contributed by atoms with E-state index in [1.165, 1.54) is 0 Å². The lowest BCUT2D eigenvalue weighted by Crippen LogP contribution is -2.46. The fourth-order valence-corrected chi connectivity index (χ4v) is 5.21. The van der Waals surface area contributed by atoms with Crippen LogP contribution in [0.4, 0.5) is 0 Å². The molecule has 6 atom stereocenters. The van der Waals surface area contributed by atoms with E-state index in [-0.39, 0.29) is 17.3 Å².